The molecule has 0 spiro atoms. The van der Waals surface area contributed by atoms with Gasteiger partial charge in [-0.25, -0.2) is 8.42 Å². The quantitative estimate of drug-likeness (QED) is 0.522. The number of benzene rings is 1. The molecule has 1 aliphatic rings. The van der Waals surface area contributed by atoms with Crippen molar-refractivity contribution in [2.24, 2.45) is 5.92 Å². The molecule has 1 aliphatic heterocycles. The molecular formula is C27H41N3O6S2. The molecule has 4 atom stereocenters. The first-order chi connectivity index (χ1) is 18.0. The first kappa shape index (κ1) is 30.4. The summed E-state index contributed by atoms with van der Waals surface area (Å²) >= 11 is 1.12. The summed E-state index contributed by atoms with van der Waals surface area (Å²) < 4.78 is 40.9. The van der Waals surface area contributed by atoms with Crippen molar-refractivity contribution in [2.45, 2.75) is 62.5 Å². The fourth-order valence-corrected chi connectivity index (χ4v) is 6.47. The number of carbonyl (C=O) groups is 1. The molecule has 212 valence electrons. The number of likely N-dealkylation sites (N-methyl/N-ethyl adjacent to an activating group) is 1. The van der Waals surface area contributed by atoms with Gasteiger partial charge in [-0.2, -0.15) is 0 Å². The SMILES string of the molecule is C[C@@H]1CN([C@H](C)CO)C(=O)c2cc(NS(=O)(=O)c3cccs3)ccc2O[C@@H](C)CCCCO[C@@H]1CN(C)C. The van der Waals surface area contributed by atoms with Crippen LogP contribution in [0.5, 0.6) is 5.75 Å². The molecule has 9 nitrogen and oxygen atoms in total. The number of aliphatic hydroxyl groups is 1. The van der Waals surface area contributed by atoms with Gasteiger partial charge in [0.15, 0.2) is 0 Å². The molecule has 0 aliphatic carbocycles. The van der Waals surface area contributed by atoms with E-state index in [1.54, 1.807) is 35.4 Å². The maximum atomic E-state index is 14.0. The molecule has 0 saturated heterocycles. The number of fused-ring (bicyclic) bond motifs is 1. The number of thiophene rings is 1. The van der Waals surface area contributed by atoms with E-state index in [0.29, 0.717) is 25.4 Å². The Balaban J connectivity index is 2.01. The van der Waals surface area contributed by atoms with E-state index in [4.69, 9.17) is 9.47 Å². The number of hydrogen-bond acceptors (Lipinski definition) is 8. The fourth-order valence-electron chi connectivity index (χ4n) is 4.43. The molecule has 0 fully saturated rings. The average Bonchev–Trinajstić information content (AvgIpc) is 3.42. The third kappa shape index (κ3) is 8.16. The molecule has 0 bridgehead atoms. The topological polar surface area (TPSA) is 108 Å². The number of aliphatic hydroxyl groups excluding tert-OH is 1. The summed E-state index contributed by atoms with van der Waals surface area (Å²) in [7, 11) is 0.195. The van der Waals surface area contributed by atoms with E-state index in [0.717, 1.165) is 30.6 Å². The summed E-state index contributed by atoms with van der Waals surface area (Å²) in [5.74, 6) is 0.0445. The number of ether oxygens (including phenoxy) is 2. The molecule has 1 aromatic heterocycles. The zero-order chi connectivity index (χ0) is 27.9. The second kappa shape index (κ2) is 13.7. The van der Waals surface area contributed by atoms with Crippen LogP contribution in [0.3, 0.4) is 0 Å². The minimum atomic E-state index is -3.79. The highest BCUT2D eigenvalue weighted by Crippen LogP contribution is 2.30. The van der Waals surface area contributed by atoms with Crippen molar-refractivity contribution in [2.75, 3.05) is 45.1 Å². The van der Waals surface area contributed by atoms with E-state index in [-0.39, 0.29) is 46.1 Å². The largest absolute Gasteiger partial charge is 0.490 e. The van der Waals surface area contributed by atoms with E-state index < -0.39 is 16.1 Å². The van der Waals surface area contributed by atoms with Crippen LogP contribution in [-0.2, 0) is 14.8 Å². The van der Waals surface area contributed by atoms with Gasteiger partial charge in [-0.1, -0.05) is 13.0 Å². The Bertz CT molecular complexity index is 1140. The maximum absolute atomic E-state index is 14.0. The zero-order valence-electron chi connectivity index (χ0n) is 22.9. The van der Waals surface area contributed by atoms with Gasteiger partial charge >= 0.3 is 0 Å². The molecule has 1 amide bonds. The number of nitrogens with zero attached hydrogens (tertiary/aromatic N) is 2. The van der Waals surface area contributed by atoms with E-state index in [2.05, 4.69) is 16.5 Å². The standard InChI is InChI=1S/C27H41N3O6S2/c1-19-16-30(20(2)18-31)27(32)23-15-22(28-38(33,34)26-10-8-14-37-26)11-12-24(23)36-21(3)9-6-7-13-35-25(19)17-29(4)5/h8,10-12,14-15,19-21,25,28,31H,6-7,9,13,16-18H2,1-5H3/t19-,20-,21+,25-/m1/s1. The highest BCUT2D eigenvalue weighted by molar-refractivity contribution is 7.94. The van der Waals surface area contributed by atoms with Crippen LogP contribution >= 0.6 is 11.3 Å². The minimum Gasteiger partial charge on any atom is -0.490 e. The number of nitrogens with one attached hydrogen (secondary N) is 1. The van der Waals surface area contributed by atoms with Gasteiger partial charge in [-0.15, -0.1) is 11.3 Å². The maximum Gasteiger partial charge on any atom is 0.271 e. The highest BCUT2D eigenvalue weighted by atomic mass is 32.2. The Morgan fingerprint density at radius 3 is 2.66 bits per heavy atom. The van der Waals surface area contributed by atoms with Gasteiger partial charge in [0, 0.05) is 31.3 Å². The monoisotopic (exact) mass is 567 g/mol. The second-order valence-electron chi connectivity index (χ2n) is 10.3. The van der Waals surface area contributed by atoms with Crippen LogP contribution in [0, 0.1) is 5.92 Å². The van der Waals surface area contributed by atoms with Gasteiger partial charge in [0.25, 0.3) is 15.9 Å². The predicted molar refractivity (Wildman–Crippen MR) is 151 cm³/mol. The van der Waals surface area contributed by atoms with Crippen LogP contribution in [0.2, 0.25) is 0 Å². The smallest absolute Gasteiger partial charge is 0.271 e. The zero-order valence-corrected chi connectivity index (χ0v) is 24.6. The summed E-state index contributed by atoms with van der Waals surface area (Å²) in [6, 6.07) is 7.51. The molecule has 0 unspecified atom stereocenters. The summed E-state index contributed by atoms with van der Waals surface area (Å²) in [6.45, 7) is 7.29. The number of rotatable bonds is 7. The highest BCUT2D eigenvalue weighted by Gasteiger charge is 2.30. The molecule has 0 radical (unpaired) electrons. The van der Waals surface area contributed by atoms with E-state index in [1.807, 2.05) is 21.0 Å². The summed E-state index contributed by atoms with van der Waals surface area (Å²) in [6.07, 6.45) is 2.36. The van der Waals surface area contributed by atoms with Gasteiger partial charge in [0.2, 0.25) is 0 Å². The summed E-state index contributed by atoms with van der Waals surface area (Å²) in [5, 5.41) is 11.7. The summed E-state index contributed by atoms with van der Waals surface area (Å²) in [4.78, 5) is 17.7. The molecule has 38 heavy (non-hydrogen) atoms. The van der Waals surface area contributed by atoms with Crippen LogP contribution in [0.4, 0.5) is 5.69 Å². The van der Waals surface area contributed by atoms with Crippen molar-refractivity contribution in [1.82, 2.24) is 9.80 Å². The lowest BCUT2D eigenvalue weighted by Crippen LogP contribution is -2.47. The molecular weight excluding hydrogens is 526 g/mol. The number of carbonyl (C=O) groups excluding carboxylic acids is 1. The normalized spacial score (nSPS) is 22.9. The second-order valence-corrected chi connectivity index (χ2v) is 13.2. The fraction of sp³-hybridized carbons (Fsp3) is 0.593. The average molecular weight is 568 g/mol. The third-order valence-electron chi connectivity index (χ3n) is 6.61. The van der Waals surface area contributed by atoms with Crippen molar-refractivity contribution < 1.29 is 27.8 Å². The minimum absolute atomic E-state index is 0.0119. The first-order valence-corrected chi connectivity index (χ1v) is 15.4. The van der Waals surface area contributed by atoms with Gasteiger partial charge in [0.05, 0.1) is 30.4 Å². The predicted octanol–water partition coefficient (Wildman–Crippen LogP) is 3.91. The van der Waals surface area contributed by atoms with Crippen LogP contribution in [0.1, 0.15) is 50.4 Å². The third-order valence-corrected chi connectivity index (χ3v) is 9.39. The molecule has 3 rings (SSSR count). The molecule has 0 saturated carbocycles. The Hall–Kier alpha value is -2.18. The van der Waals surface area contributed by atoms with Crippen LogP contribution < -0.4 is 9.46 Å². The van der Waals surface area contributed by atoms with Gasteiger partial charge < -0.3 is 24.4 Å². The van der Waals surface area contributed by atoms with Gasteiger partial charge in [-0.05, 0) is 76.9 Å². The van der Waals surface area contributed by atoms with Gasteiger partial charge in [-0.3, -0.25) is 9.52 Å². The van der Waals surface area contributed by atoms with E-state index >= 15 is 0 Å². The lowest BCUT2D eigenvalue weighted by Gasteiger charge is -2.35. The number of anilines is 1. The lowest BCUT2D eigenvalue weighted by molar-refractivity contribution is -0.0137. The number of hydrogen-bond donors (Lipinski definition) is 2. The van der Waals surface area contributed by atoms with E-state index in [1.165, 1.54) is 12.1 Å². The van der Waals surface area contributed by atoms with Crippen molar-refractivity contribution in [1.29, 1.82) is 0 Å². The summed E-state index contributed by atoms with van der Waals surface area (Å²) in [5.41, 5.74) is 0.513. The van der Waals surface area contributed by atoms with Crippen molar-refractivity contribution in [3.8, 4) is 5.75 Å². The van der Waals surface area contributed by atoms with Crippen molar-refractivity contribution in [3.63, 3.8) is 0 Å². The number of amides is 1. The first-order valence-electron chi connectivity index (χ1n) is 13.1. The molecule has 2 aromatic rings. The van der Waals surface area contributed by atoms with Gasteiger partial charge in [0.1, 0.15) is 9.96 Å². The lowest BCUT2D eigenvalue weighted by atomic mass is 10.0. The van der Waals surface area contributed by atoms with Crippen molar-refractivity contribution in [3.05, 3.63) is 41.3 Å². The molecule has 11 heteroatoms. The Labute approximate surface area is 230 Å². The van der Waals surface area contributed by atoms with Crippen molar-refractivity contribution >= 4 is 33.0 Å². The van der Waals surface area contributed by atoms with Crippen LogP contribution in [0.25, 0.3) is 0 Å². The van der Waals surface area contributed by atoms with E-state index in [9.17, 15) is 18.3 Å². The molecule has 2 N–H and O–H groups in total. The molecule has 2 heterocycles. The molecule has 1 aromatic carbocycles. The Morgan fingerprint density at radius 1 is 1.24 bits per heavy atom. The van der Waals surface area contributed by atoms with Crippen LogP contribution in [0.15, 0.2) is 39.9 Å². The Kier molecular flexibility index (Phi) is 11.0. The van der Waals surface area contributed by atoms with Crippen LogP contribution in [-0.4, -0.2) is 87.9 Å². The Morgan fingerprint density at radius 2 is 2.00 bits per heavy atom. The number of sulfonamides is 1.